The van der Waals surface area contributed by atoms with E-state index in [1.165, 1.54) is 18.2 Å². The van der Waals surface area contributed by atoms with Crippen molar-refractivity contribution >= 4 is 12.2 Å². The second kappa shape index (κ2) is 5.13. The van der Waals surface area contributed by atoms with E-state index in [4.69, 9.17) is 22.7 Å². The van der Waals surface area contributed by atoms with Gasteiger partial charge in [0.2, 0.25) is 11.8 Å². The van der Waals surface area contributed by atoms with Crippen molar-refractivity contribution in [2.75, 3.05) is 0 Å². The van der Waals surface area contributed by atoms with Crippen LogP contribution in [0.25, 0.3) is 0 Å². The molecule has 6 nitrogen and oxygen atoms in total. The standard InChI is InChI=1S/C14H9FN4O2S/c15-7-3-1-2-6(4-7)9-8(5-16)11(17)21-13-10(9)12(20)18-14(22)19-13/h1-4,9H,17H2,(H2,18,19,20,22). The lowest BCUT2D eigenvalue weighted by molar-refractivity contribution is 0.374. The van der Waals surface area contributed by atoms with Crippen LogP contribution in [0.5, 0.6) is 5.88 Å². The highest BCUT2D eigenvalue weighted by Gasteiger charge is 2.33. The number of nitriles is 1. The van der Waals surface area contributed by atoms with E-state index in [-0.39, 0.29) is 27.7 Å². The lowest BCUT2D eigenvalue weighted by Crippen LogP contribution is -2.28. The average Bonchev–Trinajstić information content (AvgIpc) is 2.45. The van der Waals surface area contributed by atoms with Crippen LogP contribution in [0, 0.1) is 21.9 Å². The van der Waals surface area contributed by atoms with Crippen molar-refractivity contribution < 1.29 is 9.13 Å². The average molecular weight is 316 g/mol. The van der Waals surface area contributed by atoms with E-state index < -0.39 is 17.3 Å². The van der Waals surface area contributed by atoms with Crippen LogP contribution >= 0.6 is 12.2 Å². The smallest absolute Gasteiger partial charge is 0.259 e. The number of H-pyrrole nitrogens is 2. The summed E-state index contributed by atoms with van der Waals surface area (Å²) in [5.74, 6) is -1.42. The maximum absolute atomic E-state index is 13.5. The van der Waals surface area contributed by atoms with Crippen molar-refractivity contribution in [2.45, 2.75) is 5.92 Å². The zero-order valence-electron chi connectivity index (χ0n) is 11.0. The maximum atomic E-state index is 13.5. The molecule has 1 aliphatic rings. The van der Waals surface area contributed by atoms with Gasteiger partial charge >= 0.3 is 0 Å². The van der Waals surface area contributed by atoms with Gasteiger partial charge in [-0.25, -0.2) is 4.39 Å². The van der Waals surface area contributed by atoms with E-state index >= 15 is 0 Å². The first-order valence-electron chi connectivity index (χ1n) is 6.21. The van der Waals surface area contributed by atoms with Crippen LogP contribution in [0.1, 0.15) is 17.0 Å². The molecule has 2 aromatic rings. The molecule has 1 aromatic carbocycles. The van der Waals surface area contributed by atoms with Crippen molar-refractivity contribution in [3.05, 3.63) is 67.8 Å². The number of aromatic amines is 2. The number of halogens is 1. The SMILES string of the molecule is N#CC1=C(N)Oc2[nH]c(=S)[nH]c(=O)c2C1c1cccc(F)c1. The molecule has 0 saturated heterocycles. The van der Waals surface area contributed by atoms with E-state index in [1.54, 1.807) is 6.07 Å². The van der Waals surface area contributed by atoms with Crippen molar-refractivity contribution in [1.82, 2.24) is 9.97 Å². The van der Waals surface area contributed by atoms with Gasteiger partial charge in [-0.05, 0) is 29.9 Å². The van der Waals surface area contributed by atoms with Gasteiger partial charge in [0.1, 0.15) is 17.5 Å². The Morgan fingerprint density at radius 2 is 2.18 bits per heavy atom. The Bertz CT molecular complexity index is 954. The Kier molecular flexibility index (Phi) is 3.27. The zero-order chi connectivity index (χ0) is 15.9. The summed E-state index contributed by atoms with van der Waals surface area (Å²) < 4.78 is 18.9. The first kappa shape index (κ1) is 14.0. The fraction of sp³-hybridized carbons (Fsp3) is 0.0714. The molecule has 0 fully saturated rings. The number of nitrogens with two attached hydrogens (primary N) is 1. The molecule has 1 aromatic heterocycles. The minimum Gasteiger partial charge on any atom is -0.424 e. The van der Waals surface area contributed by atoms with Crippen LogP contribution in [0.15, 0.2) is 40.5 Å². The van der Waals surface area contributed by atoms with Gasteiger partial charge in [0.05, 0.1) is 11.5 Å². The van der Waals surface area contributed by atoms with Crippen molar-refractivity contribution in [3.8, 4) is 11.9 Å². The van der Waals surface area contributed by atoms with Crippen LogP contribution in [0.2, 0.25) is 0 Å². The number of fused-ring (bicyclic) bond motifs is 1. The second-order valence-corrected chi connectivity index (χ2v) is 5.04. The highest BCUT2D eigenvalue weighted by atomic mass is 32.1. The molecule has 0 amide bonds. The predicted molar refractivity (Wildman–Crippen MR) is 77.9 cm³/mol. The number of allylic oxidation sites excluding steroid dienone is 1. The van der Waals surface area contributed by atoms with Crippen LogP contribution < -0.4 is 16.0 Å². The molecular weight excluding hydrogens is 307 g/mol. The maximum Gasteiger partial charge on any atom is 0.259 e. The van der Waals surface area contributed by atoms with E-state index in [2.05, 4.69) is 9.97 Å². The summed E-state index contributed by atoms with van der Waals surface area (Å²) >= 11 is 4.88. The Balaban J connectivity index is 2.34. The molecule has 0 bridgehead atoms. The molecule has 4 N–H and O–H groups in total. The molecule has 0 saturated carbocycles. The van der Waals surface area contributed by atoms with Gasteiger partial charge in [0.25, 0.3) is 5.56 Å². The number of ether oxygens (including phenoxy) is 1. The van der Waals surface area contributed by atoms with Gasteiger partial charge in [-0.3, -0.25) is 9.78 Å². The summed E-state index contributed by atoms with van der Waals surface area (Å²) in [7, 11) is 0. The monoisotopic (exact) mass is 316 g/mol. The summed E-state index contributed by atoms with van der Waals surface area (Å²) in [5, 5.41) is 9.33. The molecule has 0 radical (unpaired) electrons. The number of nitrogens with zero attached hydrogens (tertiary/aromatic N) is 1. The molecule has 22 heavy (non-hydrogen) atoms. The number of benzene rings is 1. The van der Waals surface area contributed by atoms with Gasteiger partial charge in [-0.1, -0.05) is 12.1 Å². The lowest BCUT2D eigenvalue weighted by Gasteiger charge is -2.24. The van der Waals surface area contributed by atoms with Crippen molar-refractivity contribution in [2.24, 2.45) is 5.73 Å². The number of aromatic nitrogens is 2. The quantitative estimate of drug-likeness (QED) is 0.695. The molecule has 2 heterocycles. The van der Waals surface area contributed by atoms with Gasteiger partial charge in [0.15, 0.2) is 4.77 Å². The van der Waals surface area contributed by atoms with Gasteiger partial charge in [-0.15, -0.1) is 0 Å². The molecule has 3 rings (SSSR count). The normalized spacial score (nSPS) is 16.6. The van der Waals surface area contributed by atoms with Crippen LogP contribution in [-0.4, -0.2) is 9.97 Å². The van der Waals surface area contributed by atoms with Crippen LogP contribution in [0.4, 0.5) is 4.39 Å². The summed E-state index contributed by atoms with van der Waals surface area (Å²) in [6, 6.07) is 7.53. The molecular formula is C14H9FN4O2S. The number of hydrogen-bond acceptors (Lipinski definition) is 5. The number of rotatable bonds is 1. The Morgan fingerprint density at radius 3 is 2.86 bits per heavy atom. The minimum absolute atomic E-state index is 0.0362. The molecule has 1 aliphatic heterocycles. The summed E-state index contributed by atoms with van der Waals surface area (Å²) in [5.41, 5.74) is 5.81. The fourth-order valence-corrected chi connectivity index (χ4v) is 2.59. The fourth-order valence-electron chi connectivity index (χ4n) is 2.41. The summed E-state index contributed by atoms with van der Waals surface area (Å²) in [6.45, 7) is 0. The summed E-state index contributed by atoms with van der Waals surface area (Å²) in [6.07, 6.45) is 0. The molecule has 8 heteroatoms. The highest BCUT2D eigenvalue weighted by Crippen LogP contribution is 2.38. The molecule has 1 atom stereocenters. The van der Waals surface area contributed by atoms with Gasteiger partial charge in [-0.2, -0.15) is 5.26 Å². The molecule has 0 spiro atoms. The van der Waals surface area contributed by atoms with Gasteiger partial charge < -0.3 is 15.5 Å². The van der Waals surface area contributed by atoms with Crippen molar-refractivity contribution in [3.63, 3.8) is 0 Å². The Hall–Kier alpha value is -2.92. The first-order valence-corrected chi connectivity index (χ1v) is 6.61. The van der Waals surface area contributed by atoms with E-state index in [9.17, 15) is 14.4 Å². The van der Waals surface area contributed by atoms with Gasteiger partial charge in [0, 0.05) is 0 Å². The van der Waals surface area contributed by atoms with Crippen LogP contribution in [0.3, 0.4) is 0 Å². The molecule has 0 aliphatic carbocycles. The molecule has 1 unspecified atom stereocenters. The first-order chi connectivity index (χ1) is 10.5. The Morgan fingerprint density at radius 1 is 1.41 bits per heavy atom. The minimum atomic E-state index is -0.833. The van der Waals surface area contributed by atoms with Crippen LogP contribution in [-0.2, 0) is 0 Å². The second-order valence-electron chi connectivity index (χ2n) is 4.63. The zero-order valence-corrected chi connectivity index (χ0v) is 11.8. The number of nitrogens with one attached hydrogen (secondary N) is 2. The third-order valence-electron chi connectivity index (χ3n) is 3.30. The predicted octanol–water partition coefficient (Wildman–Crippen LogP) is 1.79. The largest absolute Gasteiger partial charge is 0.424 e. The lowest BCUT2D eigenvalue weighted by atomic mass is 9.85. The third-order valence-corrected chi connectivity index (χ3v) is 3.50. The highest BCUT2D eigenvalue weighted by molar-refractivity contribution is 7.71. The third kappa shape index (κ3) is 2.17. The van der Waals surface area contributed by atoms with E-state index in [0.29, 0.717) is 5.56 Å². The van der Waals surface area contributed by atoms with E-state index in [1.807, 2.05) is 6.07 Å². The Labute approximate surface area is 128 Å². The van der Waals surface area contributed by atoms with E-state index in [0.717, 1.165) is 0 Å². The topological polar surface area (TPSA) is 108 Å². The van der Waals surface area contributed by atoms with Crippen molar-refractivity contribution in [1.29, 1.82) is 5.26 Å². The number of hydrogen-bond donors (Lipinski definition) is 3. The molecule has 110 valence electrons. The summed E-state index contributed by atoms with van der Waals surface area (Å²) in [4.78, 5) is 17.3.